The van der Waals surface area contributed by atoms with E-state index in [1.54, 1.807) is 12.1 Å². The number of hydrogen-bond donors (Lipinski definition) is 2. The molecular formula is C13H20N4O2. The summed E-state index contributed by atoms with van der Waals surface area (Å²) in [4.78, 5) is 14.3. The molecule has 6 nitrogen and oxygen atoms in total. The molecule has 0 amide bonds. The normalized spacial score (nSPS) is 11.6. The first-order valence-corrected chi connectivity index (χ1v) is 6.26. The Bertz CT molecular complexity index is 440. The van der Waals surface area contributed by atoms with Crippen LogP contribution in [0.3, 0.4) is 0 Å². The Morgan fingerprint density at radius 3 is 2.58 bits per heavy atom. The molecule has 1 aromatic rings. The van der Waals surface area contributed by atoms with Gasteiger partial charge < -0.3 is 11.1 Å². The van der Waals surface area contributed by atoms with Gasteiger partial charge in [-0.2, -0.15) is 0 Å². The first-order valence-electron chi connectivity index (χ1n) is 6.26. The highest BCUT2D eigenvalue weighted by Gasteiger charge is 2.03. The molecule has 0 heterocycles. The number of nitrogens with zero attached hydrogens (tertiary/aromatic N) is 2. The Balaban J connectivity index is 2.44. The van der Waals surface area contributed by atoms with Crippen LogP contribution >= 0.6 is 0 Å². The smallest absolute Gasteiger partial charge is 0.269 e. The molecule has 0 saturated heterocycles. The van der Waals surface area contributed by atoms with Gasteiger partial charge in [-0.1, -0.05) is 26.0 Å². The molecule has 1 aromatic carbocycles. The number of guanidine groups is 1. The summed E-state index contributed by atoms with van der Waals surface area (Å²) in [6.45, 7) is 5.50. The number of nitro groups is 1. The number of benzene rings is 1. The molecule has 19 heavy (non-hydrogen) atoms. The molecule has 0 aromatic heterocycles. The van der Waals surface area contributed by atoms with Crippen molar-refractivity contribution in [3.63, 3.8) is 0 Å². The van der Waals surface area contributed by atoms with E-state index in [1.807, 2.05) is 0 Å². The number of nitrogens with one attached hydrogen (secondary N) is 1. The number of non-ortho nitro benzene ring substituents is 1. The second-order valence-electron chi connectivity index (χ2n) is 4.73. The average Bonchev–Trinajstić information content (AvgIpc) is 2.36. The van der Waals surface area contributed by atoms with E-state index >= 15 is 0 Å². The van der Waals surface area contributed by atoms with Crippen molar-refractivity contribution in [3.8, 4) is 0 Å². The van der Waals surface area contributed by atoms with Crippen LogP contribution in [0.15, 0.2) is 29.3 Å². The Hall–Kier alpha value is -2.11. The fourth-order valence-corrected chi connectivity index (χ4v) is 1.44. The van der Waals surface area contributed by atoms with Gasteiger partial charge in [0.1, 0.15) is 0 Å². The summed E-state index contributed by atoms with van der Waals surface area (Å²) in [5.74, 6) is 1.02. The van der Waals surface area contributed by atoms with Gasteiger partial charge in [0.2, 0.25) is 0 Å². The zero-order valence-corrected chi connectivity index (χ0v) is 11.3. The number of nitrogens with two attached hydrogens (primary N) is 1. The maximum absolute atomic E-state index is 10.5. The molecule has 0 unspecified atom stereocenters. The van der Waals surface area contributed by atoms with Crippen LogP contribution in [0.1, 0.15) is 25.8 Å². The van der Waals surface area contributed by atoms with Crippen LogP contribution in [0, 0.1) is 16.0 Å². The lowest BCUT2D eigenvalue weighted by molar-refractivity contribution is -0.384. The molecule has 0 bridgehead atoms. The largest absolute Gasteiger partial charge is 0.370 e. The minimum atomic E-state index is -0.422. The van der Waals surface area contributed by atoms with E-state index in [-0.39, 0.29) is 5.69 Å². The lowest BCUT2D eigenvalue weighted by Gasteiger charge is -2.07. The Morgan fingerprint density at radius 2 is 2.05 bits per heavy atom. The quantitative estimate of drug-likeness (QED) is 0.356. The van der Waals surface area contributed by atoms with Gasteiger partial charge in [-0.05, 0) is 17.9 Å². The molecule has 1 rings (SSSR count). The van der Waals surface area contributed by atoms with E-state index in [1.165, 1.54) is 12.1 Å². The van der Waals surface area contributed by atoms with Gasteiger partial charge in [0, 0.05) is 18.7 Å². The summed E-state index contributed by atoms with van der Waals surface area (Å²) in [7, 11) is 0. The minimum absolute atomic E-state index is 0.0794. The second-order valence-corrected chi connectivity index (χ2v) is 4.73. The number of hydrogen-bond acceptors (Lipinski definition) is 3. The van der Waals surface area contributed by atoms with E-state index in [2.05, 4.69) is 24.2 Å². The molecule has 0 saturated carbocycles. The third-order valence-corrected chi connectivity index (χ3v) is 2.61. The van der Waals surface area contributed by atoms with Crippen molar-refractivity contribution < 1.29 is 4.92 Å². The average molecular weight is 264 g/mol. The van der Waals surface area contributed by atoms with E-state index in [0.717, 1.165) is 18.5 Å². The lowest BCUT2D eigenvalue weighted by Crippen LogP contribution is -2.32. The lowest BCUT2D eigenvalue weighted by atomic mass is 10.1. The highest BCUT2D eigenvalue weighted by molar-refractivity contribution is 5.77. The van der Waals surface area contributed by atoms with E-state index in [4.69, 9.17) is 5.73 Å². The van der Waals surface area contributed by atoms with Gasteiger partial charge in [-0.3, -0.25) is 10.1 Å². The summed E-state index contributed by atoms with van der Waals surface area (Å²) in [6, 6.07) is 6.30. The first kappa shape index (κ1) is 14.9. The third-order valence-electron chi connectivity index (χ3n) is 2.61. The minimum Gasteiger partial charge on any atom is -0.370 e. The molecule has 0 fully saturated rings. The summed E-state index contributed by atoms with van der Waals surface area (Å²) >= 11 is 0. The van der Waals surface area contributed by atoms with Gasteiger partial charge in [0.15, 0.2) is 5.96 Å². The Morgan fingerprint density at radius 1 is 1.42 bits per heavy atom. The number of rotatable bonds is 6. The molecule has 0 aliphatic heterocycles. The van der Waals surface area contributed by atoms with Gasteiger partial charge in [0.05, 0.1) is 11.5 Å². The number of aliphatic imine (C=N–C) groups is 1. The maximum atomic E-state index is 10.5. The van der Waals surface area contributed by atoms with Crippen LogP contribution in [0.5, 0.6) is 0 Å². The number of nitro benzene ring substituents is 1. The maximum Gasteiger partial charge on any atom is 0.269 e. The molecule has 0 radical (unpaired) electrons. The topological polar surface area (TPSA) is 93.5 Å². The monoisotopic (exact) mass is 264 g/mol. The van der Waals surface area contributed by atoms with E-state index < -0.39 is 4.92 Å². The summed E-state index contributed by atoms with van der Waals surface area (Å²) in [5, 5.41) is 13.5. The van der Waals surface area contributed by atoms with Gasteiger partial charge in [0.25, 0.3) is 5.69 Å². The van der Waals surface area contributed by atoms with E-state index in [9.17, 15) is 10.1 Å². The second kappa shape index (κ2) is 7.35. The van der Waals surface area contributed by atoms with Crippen molar-refractivity contribution in [3.05, 3.63) is 39.9 Å². The van der Waals surface area contributed by atoms with Crippen LogP contribution in [0.25, 0.3) is 0 Å². The van der Waals surface area contributed by atoms with Gasteiger partial charge >= 0.3 is 0 Å². The van der Waals surface area contributed by atoms with Crippen LogP contribution in [0.2, 0.25) is 0 Å². The highest BCUT2D eigenvalue weighted by Crippen LogP contribution is 2.12. The van der Waals surface area contributed by atoms with E-state index in [0.29, 0.717) is 18.4 Å². The van der Waals surface area contributed by atoms with Crippen LogP contribution in [0.4, 0.5) is 5.69 Å². The summed E-state index contributed by atoms with van der Waals surface area (Å²) in [5.41, 5.74) is 6.68. The molecule has 0 aliphatic carbocycles. The molecule has 104 valence electrons. The van der Waals surface area contributed by atoms with Crippen LogP contribution in [-0.2, 0) is 6.54 Å². The molecule has 0 spiro atoms. The fraction of sp³-hybridized carbons (Fsp3) is 0.462. The van der Waals surface area contributed by atoms with Crippen LogP contribution in [-0.4, -0.2) is 17.4 Å². The molecule has 0 aliphatic rings. The van der Waals surface area contributed by atoms with Crippen LogP contribution < -0.4 is 11.1 Å². The zero-order valence-electron chi connectivity index (χ0n) is 11.3. The van der Waals surface area contributed by atoms with Crippen molar-refractivity contribution in [2.75, 3.05) is 6.54 Å². The summed E-state index contributed by atoms with van der Waals surface area (Å²) < 4.78 is 0. The highest BCUT2D eigenvalue weighted by atomic mass is 16.6. The van der Waals surface area contributed by atoms with Gasteiger partial charge in [-0.25, -0.2) is 4.99 Å². The SMILES string of the molecule is CC(C)CCNC(N)=NCc1ccc([N+](=O)[O-])cc1. The molecular weight excluding hydrogens is 244 g/mol. The third kappa shape index (κ3) is 5.85. The molecule has 0 atom stereocenters. The van der Waals surface area contributed by atoms with Gasteiger partial charge in [-0.15, -0.1) is 0 Å². The predicted molar refractivity (Wildman–Crippen MR) is 75.9 cm³/mol. The Kier molecular flexibility index (Phi) is 5.78. The van der Waals surface area contributed by atoms with Crippen molar-refractivity contribution >= 4 is 11.6 Å². The van der Waals surface area contributed by atoms with Crippen molar-refractivity contribution in [1.82, 2.24) is 5.32 Å². The summed E-state index contributed by atoms with van der Waals surface area (Å²) in [6.07, 6.45) is 1.04. The van der Waals surface area contributed by atoms with Crippen molar-refractivity contribution in [2.24, 2.45) is 16.6 Å². The molecule has 6 heteroatoms. The van der Waals surface area contributed by atoms with Crippen molar-refractivity contribution in [2.45, 2.75) is 26.8 Å². The Labute approximate surface area is 112 Å². The zero-order chi connectivity index (χ0) is 14.3. The fourth-order valence-electron chi connectivity index (χ4n) is 1.44. The first-order chi connectivity index (χ1) is 8.99. The molecule has 3 N–H and O–H groups in total. The predicted octanol–water partition coefficient (Wildman–Crippen LogP) is 2.05. The van der Waals surface area contributed by atoms with Crippen molar-refractivity contribution in [1.29, 1.82) is 0 Å². The standard InChI is InChI=1S/C13H20N4O2/c1-10(2)7-8-15-13(14)16-9-11-3-5-12(6-4-11)17(18)19/h3-6,10H,7-9H2,1-2H3,(H3,14,15,16).